The molecule has 3 rings (SSSR count). The molecule has 4 nitrogen and oxygen atoms in total. The van der Waals surface area contributed by atoms with Gasteiger partial charge in [-0.3, -0.25) is 0 Å². The van der Waals surface area contributed by atoms with Gasteiger partial charge in [-0.1, -0.05) is 12.8 Å². The number of aryl methyl sites for hydroxylation is 1. The zero-order valence-electron chi connectivity index (χ0n) is 12.4. The fourth-order valence-corrected chi connectivity index (χ4v) is 4.39. The highest BCUT2D eigenvalue weighted by molar-refractivity contribution is 7.99. The molecule has 1 aliphatic carbocycles. The van der Waals surface area contributed by atoms with Crippen molar-refractivity contribution in [3.05, 3.63) is 29.6 Å². The Balaban J connectivity index is 2.13. The third-order valence-corrected chi connectivity index (χ3v) is 5.57. The first-order valence-electron chi connectivity index (χ1n) is 7.36. The molecule has 2 unspecified atom stereocenters. The van der Waals surface area contributed by atoms with Crippen LogP contribution >= 0.6 is 11.8 Å². The lowest BCUT2D eigenvalue weighted by molar-refractivity contribution is 0.0697. The summed E-state index contributed by atoms with van der Waals surface area (Å²) >= 11 is 1.91. The second-order valence-corrected chi connectivity index (χ2v) is 6.74. The van der Waals surface area contributed by atoms with Gasteiger partial charge in [0, 0.05) is 11.3 Å². The molecule has 112 valence electrons. The van der Waals surface area contributed by atoms with E-state index >= 15 is 0 Å². The standard InChI is InChI=1S/C16H20N2O2S/c1-10-17-12-8-7-11(16(19)20)9-14(12)18(10)13-5-3-4-6-15(13)21-2/h7-9,13,15H,3-6H2,1-2H3,(H,19,20). The van der Waals surface area contributed by atoms with E-state index in [1.807, 2.05) is 24.8 Å². The van der Waals surface area contributed by atoms with Crippen LogP contribution < -0.4 is 0 Å². The summed E-state index contributed by atoms with van der Waals surface area (Å²) in [7, 11) is 0. The molecule has 0 radical (unpaired) electrons. The second-order valence-electron chi connectivity index (χ2n) is 5.66. The Kier molecular flexibility index (Phi) is 3.93. The van der Waals surface area contributed by atoms with Gasteiger partial charge in [0.25, 0.3) is 0 Å². The first kappa shape index (κ1) is 14.4. The van der Waals surface area contributed by atoms with Gasteiger partial charge in [0.2, 0.25) is 0 Å². The van der Waals surface area contributed by atoms with Crippen LogP contribution in [0.1, 0.15) is 47.9 Å². The minimum Gasteiger partial charge on any atom is -0.478 e. The van der Waals surface area contributed by atoms with Crippen LogP contribution in [0.4, 0.5) is 0 Å². The number of aromatic nitrogens is 2. The van der Waals surface area contributed by atoms with Gasteiger partial charge in [-0.2, -0.15) is 11.8 Å². The number of imidazole rings is 1. The zero-order chi connectivity index (χ0) is 15.0. The number of carbonyl (C=O) groups is 1. The number of hydrogen-bond acceptors (Lipinski definition) is 3. The Bertz CT molecular complexity index is 680. The predicted molar refractivity (Wildman–Crippen MR) is 86.2 cm³/mol. The lowest BCUT2D eigenvalue weighted by Gasteiger charge is -2.32. The zero-order valence-corrected chi connectivity index (χ0v) is 13.2. The minimum absolute atomic E-state index is 0.333. The number of nitrogens with zero attached hydrogens (tertiary/aromatic N) is 2. The molecule has 0 amide bonds. The van der Waals surface area contributed by atoms with Gasteiger partial charge in [0.1, 0.15) is 5.82 Å². The van der Waals surface area contributed by atoms with Gasteiger partial charge in [0.15, 0.2) is 0 Å². The van der Waals surface area contributed by atoms with E-state index in [2.05, 4.69) is 15.8 Å². The number of aromatic carboxylic acids is 1. The highest BCUT2D eigenvalue weighted by Gasteiger charge is 2.28. The summed E-state index contributed by atoms with van der Waals surface area (Å²) in [6, 6.07) is 5.64. The summed E-state index contributed by atoms with van der Waals surface area (Å²) in [5.41, 5.74) is 2.18. The van der Waals surface area contributed by atoms with Crippen molar-refractivity contribution in [2.24, 2.45) is 0 Å². The van der Waals surface area contributed by atoms with Gasteiger partial charge < -0.3 is 9.67 Å². The molecular formula is C16H20N2O2S. The lowest BCUT2D eigenvalue weighted by Crippen LogP contribution is -2.26. The number of hydrogen-bond donors (Lipinski definition) is 1. The van der Waals surface area contributed by atoms with Crippen LogP contribution in [-0.2, 0) is 0 Å². The van der Waals surface area contributed by atoms with Crippen LogP contribution in [0.3, 0.4) is 0 Å². The summed E-state index contributed by atoms with van der Waals surface area (Å²) in [4.78, 5) is 15.8. The van der Waals surface area contributed by atoms with E-state index < -0.39 is 5.97 Å². The molecule has 1 aromatic carbocycles. The monoisotopic (exact) mass is 304 g/mol. The van der Waals surface area contributed by atoms with Gasteiger partial charge in [-0.05, 0) is 44.2 Å². The van der Waals surface area contributed by atoms with E-state index in [4.69, 9.17) is 0 Å². The van der Waals surface area contributed by atoms with Crippen molar-refractivity contribution in [3.8, 4) is 0 Å². The maximum absolute atomic E-state index is 11.2. The SMILES string of the molecule is CSC1CCCCC1n1c(C)nc2ccc(C(=O)O)cc21. The molecular weight excluding hydrogens is 284 g/mol. The van der Waals surface area contributed by atoms with Crippen LogP contribution in [0, 0.1) is 6.92 Å². The first-order chi connectivity index (χ1) is 10.1. The fourth-order valence-electron chi connectivity index (χ4n) is 3.41. The minimum atomic E-state index is -0.882. The van der Waals surface area contributed by atoms with Crippen molar-refractivity contribution >= 4 is 28.8 Å². The highest BCUT2D eigenvalue weighted by atomic mass is 32.2. The molecule has 5 heteroatoms. The van der Waals surface area contributed by atoms with Crippen LogP contribution in [0.5, 0.6) is 0 Å². The third-order valence-electron chi connectivity index (χ3n) is 4.41. The van der Waals surface area contributed by atoms with E-state index in [0.717, 1.165) is 23.3 Å². The van der Waals surface area contributed by atoms with Crippen molar-refractivity contribution in [3.63, 3.8) is 0 Å². The molecule has 2 atom stereocenters. The van der Waals surface area contributed by atoms with Crippen molar-refractivity contribution in [1.82, 2.24) is 9.55 Å². The number of carboxylic acids is 1. The summed E-state index contributed by atoms with van der Waals surface area (Å²) in [5.74, 6) is 0.103. The van der Waals surface area contributed by atoms with Crippen molar-refractivity contribution in [2.75, 3.05) is 6.26 Å². The van der Waals surface area contributed by atoms with E-state index in [0.29, 0.717) is 16.9 Å². The van der Waals surface area contributed by atoms with Crippen LogP contribution in [0.2, 0.25) is 0 Å². The van der Waals surface area contributed by atoms with Gasteiger partial charge in [-0.15, -0.1) is 0 Å². The molecule has 0 spiro atoms. The van der Waals surface area contributed by atoms with Crippen molar-refractivity contribution in [2.45, 2.75) is 43.9 Å². The molecule has 1 fully saturated rings. The summed E-state index contributed by atoms with van der Waals surface area (Å²) < 4.78 is 2.27. The van der Waals surface area contributed by atoms with Gasteiger partial charge in [0.05, 0.1) is 16.6 Å². The van der Waals surface area contributed by atoms with Gasteiger partial charge in [-0.25, -0.2) is 9.78 Å². The normalized spacial score (nSPS) is 22.6. The second kappa shape index (κ2) is 5.72. The average molecular weight is 304 g/mol. The first-order valence-corrected chi connectivity index (χ1v) is 8.65. The Labute approximate surface area is 128 Å². The summed E-state index contributed by atoms with van der Waals surface area (Å²) in [6.07, 6.45) is 7.06. The molecule has 0 bridgehead atoms. The molecule has 0 aliphatic heterocycles. The maximum Gasteiger partial charge on any atom is 0.335 e. The van der Waals surface area contributed by atoms with Crippen LogP contribution in [-0.4, -0.2) is 32.1 Å². The van der Waals surface area contributed by atoms with E-state index in [-0.39, 0.29) is 0 Å². The number of benzene rings is 1. The molecule has 0 saturated heterocycles. The third kappa shape index (κ3) is 2.55. The van der Waals surface area contributed by atoms with E-state index in [9.17, 15) is 9.90 Å². The Hall–Kier alpha value is -1.49. The molecule has 1 saturated carbocycles. The Morgan fingerprint density at radius 1 is 1.38 bits per heavy atom. The molecule has 1 aliphatic rings. The number of carboxylic acid groups (broad SMARTS) is 1. The van der Waals surface area contributed by atoms with E-state index in [1.54, 1.807) is 12.1 Å². The molecule has 21 heavy (non-hydrogen) atoms. The summed E-state index contributed by atoms with van der Waals surface area (Å²) in [5, 5.41) is 9.80. The largest absolute Gasteiger partial charge is 0.478 e. The Morgan fingerprint density at radius 2 is 2.14 bits per heavy atom. The number of fused-ring (bicyclic) bond motifs is 1. The van der Waals surface area contributed by atoms with Crippen LogP contribution in [0.25, 0.3) is 11.0 Å². The number of rotatable bonds is 3. The molecule has 1 N–H and O–H groups in total. The van der Waals surface area contributed by atoms with Crippen molar-refractivity contribution in [1.29, 1.82) is 0 Å². The Morgan fingerprint density at radius 3 is 2.86 bits per heavy atom. The predicted octanol–water partition coefficient (Wildman–Crippen LogP) is 3.89. The van der Waals surface area contributed by atoms with Crippen molar-refractivity contribution < 1.29 is 9.90 Å². The lowest BCUT2D eigenvalue weighted by atomic mass is 9.94. The molecule has 1 heterocycles. The molecule has 1 aromatic heterocycles. The maximum atomic E-state index is 11.2. The smallest absolute Gasteiger partial charge is 0.335 e. The average Bonchev–Trinajstić information content (AvgIpc) is 2.81. The highest BCUT2D eigenvalue weighted by Crippen LogP contribution is 2.38. The van der Waals surface area contributed by atoms with Gasteiger partial charge >= 0.3 is 5.97 Å². The topological polar surface area (TPSA) is 55.1 Å². The molecule has 2 aromatic rings. The fraction of sp³-hybridized carbons (Fsp3) is 0.500. The quantitative estimate of drug-likeness (QED) is 0.934. The summed E-state index contributed by atoms with van der Waals surface area (Å²) in [6.45, 7) is 2.02. The van der Waals surface area contributed by atoms with E-state index in [1.165, 1.54) is 19.3 Å². The number of thioether (sulfide) groups is 1. The van der Waals surface area contributed by atoms with Crippen LogP contribution in [0.15, 0.2) is 18.2 Å².